The number of hydrogen-bond acceptors (Lipinski definition) is 3. The molecule has 0 saturated carbocycles. The second-order valence-electron chi connectivity index (χ2n) is 4.96. The number of ether oxygens (including phenoxy) is 1. The molecule has 0 atom stereocenters. The van der Waals surface area contributed by atoms with Crippen LogP contribution in [0.5, 0.6) is 0 Å². The molecule has 0 unspecified atom stereocenters. The zero-order valence-electron chi connectivity index (χ0n) is 10.0. The predicted molar refractivity (Wildman–Crippen MR) is 61.5 cm³/mol. The summed E-state index contributed by atoms with van der Waals surface area (Å²) in [5.74, 6) is -0.357. The van der Waals surface area contributed by atoms with Gasteiger partial charge in [0.2, 0.25) is 0 Å². The Bertz CT molecular complexity index is 424. The number of aryl methyl sites for hydroxylation is 1. The number of carbonyl (C=O) groups is 1. The topological polar surface area (TPSA) is 39.2 Å². The van der Waals surface area contributed by atoms with Gasteiger partial charge in [-0.3, -0.25) is 0 Å². The number of fused-ring (bicyclic) bond motifs is 1. The van der Waals surface area contributed by atoms with E-state index in [1.807, 2.05) is 12.3 Å². The highest BCUT2D eigenvalue weighted by Gasteiger charge is 2.28. The number of rotatable bonds is 1. The van der Waals surface area contributed by atoms with Crippen molar-refractivity contribution in [2.24, 2.45) is 0 Å². The van der Waals surface area contributed by atoms with E-state index in [4.69, 9.17) is 4.74 Å². The molecule has 1 heterocycles. The maximum atomic E-state index is 11.4. The van der Waals surface area contributed by atoms with Crippen molar-refractivity contribution < 1.29 is 9.53 Å². The number of methoxy groups -OCH3 is 1. The molecule has 0 spiro atoms. The smallest absolute Gasteiger partial charge is 0.356 e. The molecule has 0 N–H and O–H groups in total. The first-order chi connectivity index (χ1) is 7.54. The quantitative estimate of drug-likeness (QED) is 0.681. The van der Waals surface area contributed by atoms with Crippen LogP contribution in [0, 0.1) is 0 Å². The summed E-state index contributed by atoms with van der Waals surface area (Å²) in [6.45, 7) is 4.43. The van der Waals surface area contributed by atoms with Gasteiger partial charge in [-0.25, -0.2) is 9.78 Å². The van der Waals surface area contributed by atoms with Gasteiger partial charge in [0.15, 0.2) is 0 Å². The van der Waals surface area contributed by atoms with Gasteiger partial charge in [-0.05, 0) is 41.9 Å². The van der Waals surface area contributed by atoms with E-state index in [0.717, 1.165) is 12.8 Å². The fourth-order valence-electron chi connectivity index (χ4n) is 2.38. The van der Waals surface area contributed by atoms with Gasteiger partial charge in [-0.1, -0.05) is 13.8 Å². The van der Waals surface area contributed by atoms with Gasteiger partial charge in [0.05, 0.1) is 7.11 Å². The summed E-state index contributed by atoms with van der Waals surface area (Å²) in [5, 5.41) is 0. The number of hydrogen-bond donors (Lipinski definition) is 0. The van der Waals surface area contributed by atoms with Gasteiger partial charge in [-0.2, -0.15) is 0 Å². The third kappa shape index (κ3) is 1.82. The van der Waals surface area contributed by atoms with Crippen molar-refractivity contribution in [3.05, 3.63) is 29.1 Å². The summed E-state index contributed by atoms with van der Waals surface area (Å²) in [6.07, 6.45) is 5.24. The second kappa shape index (κ2) is 3.89. The Morgan fingerprint density at radius 2 is 2.25 bits per heavy atom. The summed E-state index contributed by atoms with van der Waals surface area (Å²) in [7, 11) is 1.38. The minimum absolute atomic E-state index is 0.138. The molecule has 0 saturated heterocycles. The monoisotopic (exact) mass is 219 g/mol. The van der Waals surface area contributed by atoms with Crippen LogP contribution in [0.15, 0.2) is 12.3 Å². The molecule has 0 aliphatic heterocycles. The van der Waals surface area contributed by atoms with Crippen LogP contribution >= 0.6 is 0 Å². The maximum Gasteiger partial charge on any atom is 0.356 e. The van der Waals surface area contributed by atoms with Crippen molar-refractivity contribution in [3.63, 3.8) is 0 Å². The first-order valence-corrected chi connectivity index (χ1v) is 5.62. The van der Waals surface area contributed by atoms with E-state index in [1.165, 1.54) is 24.7 Å². The number of nitrogens with zero attached hydrogens (tertiary/aromatic N) is 1. The van der Waals surface area contributed by atoms with Crippen LogP contribution in [0.3, 0.4) is 0 Å². The minimum atomic E-state index is -0.357. The summed E-state index contributed by atoms with van der Waals surface area (Å²) in [6, 6.07) is 1.89. The second-order valence-corrected chi connectivity index (χ2v) is 4.96. The van der Waals surface area contributed by atoms with Crippen LogP contribution in [0.4, 0.5) is 0 Å². The Kier molecular flexibility index (Phi) is 2.70. The summed E-state index contributed by atoms with van der Waals surface area (Å²) in [5.41, 5.74) is 3.06. The number of pyridine rings is 1. The molecule has 16 heavy (non-hydrogen) atoms. The Morgan fingerprint density at radius 1 is 1.50 bits per heavy atom. The van der Waals surface area contributed by atoms with Crippen LogP contribution in [-0.4, -0.2) is 18.1 Å². The lowest BCUT2D eigenvalue weighted by molar-refractivity contribution is 0.0593. The molecule has 3 nitrogen and oxygen atoms in total. The van der Waals surface area contributed by atoms with Gasteiger partial charge < -0.3 is 4.74 Å². The molecule has 0 amide bonds. The van der Waals surface area contributed by atoms with E-state index in [1.54, 1.807) is 0 Å². The summed E-state index contributed by atoms with van der Waals surface area (Å²) < 4.78 is 4.69. The molecule has 1 aliphatic rings. The molecular formula is C13H17NO2. The SMILES string of the molecule is COC(=O)c1cc2c(cn1)CCCC2(C)C. The summed E-state index contributed by atoms with van der Waals surface area (Å²) >= 11 is 0. The number of aromatic nitrogens is 1. The number of esters is 1. The zero-order valence-corrected chi connectivity index (χ0v) is 10.0. The first-order valence-electron chi connectivity index (χ1n) is 5.62. The Balaban J connectivity index is 2.47. The van der Waals surface area contributed by atoms with Crippen molar-refractivity contribution in [3.8, 4) is 0 Å². The average molecular weight is 219 g/mol. The molecule has 0 fully saturated rings. The van der Waals surface area contributed by atoms with Gasteiger partial charge in [-0.15, -0.1) is 0 Å². The van der Waals surface area contributed by atoms with Crippen molar-refractivity contribution >= 4 is 5.97 Å². The Hall–Kier alpha value is -1.38. The molecule has 0 aromatic carbocycles. The van der Waals surface area contributed by atoms with Gasteiger partial charge in [0.1, 0.15) is 5.69 Å². The van der Waals surface area contributed by atoms with E-state index >= 15 is 0 Å². The lowest BCUT2D eigenvalue weighted by atomic mass is 9.73. The first kappa shape index (κ1) is 11.1. The fourth-order valence-corrected chi connectivity index (χ4v) is 2.38. The van der Waals surface area contributed by atoms with E-state index in [-0.39, 0.29) is 11.4 Å². The largest absolute Gasteiger partial charge is 0.464 e. The molecule has 3 heteroatoms. The Morgan fingerprint density at radius 3 is 2.94 bits per heavy atom. The molecule has 86 valence electrons. The van der Waals surface area contributed by atoms with Crippen LogP contribution in [0.25, 0.3) is 0 Å². The minimum Gasteiger partial charge on any atom is -0.464 e. The van der Waals surface area contributed by atoms with Crippen LogP contribution in [-0.2, 0) is 16.6 Å². The normalized spacial score (nSPS) is 17.7. The van der Waals surface area contributed by atoms with Crippen LogP contribution in [0.1, 0.15) is 48.3 Å². The van der Waals surface area contributed by atoms with Gasteiger partial charge in [0.25, 0.3) is 0 Å². The molecule has 0 radical (unpaired) electrons. The van der Waals surface area contributed by atoms with E-state index in [2.05, 4.69) is 18.8 Å². The summed E-state index contributed by atoms with van der Waals surface area (Å²) in [4.78, 5) is 15.6. The van der Waals surface area contributed by atoms with Crippen molar-refractivity contribution in [2.45, 2.75) is 38.5 Å². The van der Waals surface area contributed by atoms with Gasteiger partial charge >= 0.3 is 5.97 Å². The molecule has 1 aliphatic carbocycles. The molecule has 1 aromatic heterocycles. The average Bonchev–Trinajstić information content (AvgIpc) is 2.27. The highest BCUT2D eigenvalue weighted by molar-refractivity contribution is 5.87. The van der Waals surface area contributed by atoms with Crippen molar-refractivity contribution in [2.75, 3.05) is 7.11 Å². The Labute approximate surface area is 95.8 Å². The molecule has 0 bridgehead atoms. The van der Waals surface area contributed by atoms with Crippen molar-refractivity contribution in [1.29, 1.82) is 0 Å². The third-order valence-electron chi connectivity index (χ3n) is 3.36. The fraction of sp³-hybridized carbons (Fsp3) is 0.538. The van der Waals surface area contributed by atoms with E-state index < -0.39 is 0 Å². The highest BCUT2D eigenvalue weighted by atomic mass is 16.5. The molecule has 2 rings (SSSR count). The molecular weight excluding hydrogens is 202 g/mol. The lowest BCUT2D eigenvalue weighted by Crippen LogP contribution is -2.25. The number of carbonyl (C=O) groups excluding carboxylic acids is 1. The standard InChI is InChI=1S/C13H17NO2/c1-13(2)6-4-5-9-8-14-11(7-10(9)13)12(15)16-3/h7-8H,4-6H2,1-3H3. The van der Waals surface area contributed by atoms with Crippen LogP contribution in [0.2, 0.25) is 0 Å². The van der Waals surface area contributed by atoms with E-state index in [9.17, 15) is 4.79 Å². The third-order valence-corrected chi connectivity index (χ3v) is 3.36. The predicted octanol–water partition coefficient (Wildman–Crippen LogP) is 2.48. The van der Waals surface area contributed by atoms with Crippen LogP contribution < -0.4 is 0 Å². The highest BCUT2D eigenvalue weighted by Crippen LogP contribution is 2.36. The maximum absolute atomic E-state index is 11.4. The molecule has 1 aromatic rings. The zero-order chi connectivity index (χ0) is 11.8. The van der Waals surface area contributed by atoms with Gasteiger partial charge in [0, 0.05) is 6.20 Å². The lowest BCUT2D eigenvalue weighted by Gasteiger charge is -2.32. The van der Waals surface area contributed by atoms with E-state index in [0.29, 0.717) is 5.69 Å². The van der Waals surface area contributed by atoms with Crippen molar-refractivity contribution in [1.82, 2.24) is 4.98 Å².